The van der Waals surface area contributed by atoms with Gasteiger partial charge in [0, 0.05) is 38.6 Å². The molecule has 0 amide bonds. The van der Waals surface area contributed by atoms with E-state index in [1.54, 1.807) is 0 Å². The molecule has 0 N–H and O–H groups in total. The van der Waals surface area contributed by atoms with E-state index in [0.29, 0.717) is 0 Å². The number of rotatable bonds is 3. The standard InChI is InChI=1S/C70H54N4/c1-8-45-36-63-44(7)62-35-41(4)48-27-29-52-56(46-19-11-9-12-20-46)37-64(73-68(52)66(48)71-62)54-31-42(5)60(33-39(54)2)70(58-25-17-15-23-50(58)51-24-16-18-26-59(51)70)61-34-40(3)55(32-43(61)6)65-38-57(47-21-13-10-14-22-47)53-30-28-49(45)67(72-63)69(53)74-65/h9-38,44H,8H2,1-7H3/t44-/m1/s1. The van der Waals surface area contributed by atoms with Crippen molar-refractivity contribution in [1.82, 2.24) is 19.9 Å². The van der Waals surface area contributed by atoms with Crippen molar-refractivity contribution >= 4 is 43.6 Å². The first kappa shape index (κ1) is 44.1. The molecule has 74 heavy (non-hydrogen) atoms. The number of nitrogens with zero attached hydrogens (tertiary/aromatic N) is 4. The van der Waals surface area contributed by atoms with Crippen molar-refractivity contribution < 1.29 is 0 Å². The molecule has 1 atom stereocenters. The van der Waals surface area contributed by atoms with Gasteiger partial charge in [0.1, 0.15) is 0 Å². The molecule has 16 rings (SSSR count). The van der Waals surface area contributed by atoms with Gasteiger partial charge in [-0.15, -0.1) is 0 Å². The van der Waals surface area contributed by atoms with Gasteiger partial charge in [-0.3, -0.25) is 0 Å². The van der Waals surface area contributed by atoms with E-state index in [-0.39, 0.29) is 5.92 Å². The second-order valence-corrected chi connectivity index (χ2v) is 21.0. The van der Waals surface area contributed by atoms with Crippen molar-refractivity contribution in [3.63, 3.8) is 0 Å². The lowest BCUT2D eigenvalue weighted by atomic mass is 9.64. The van der Waals surface area contributed by atoms with Crippen LogP contribution < -0.4 is 0 Å². The number of aryl methyl sites for hydroxylation is 6. The van der Waals surface area contributed by atoms with Gasteiger partial charge in [0.05, 0.1) is 50.3 Å². The van der Waals surface area contributed by atoms with Crippen molar-refractivity contribution in [2.75, 3.05) is 0 Å². The lowest BCUT2D eigenvalue weighted by Crippen LogP contribution is -2.31. The molecule has 354 valence electrons. The van der Waals surface area contributed by atoms with Gasteiger partial charge in [-0.2, -0.15) is 0 Å². The Kier molecular flexibility index (Phi) is 9.82. The number of fused-ring (bicyclic) bond motifs is 5. The molecule has 4 aromatic heterocycles. The van der Waals surface area contributed by atoms with Crippen LogP contribution in [0, 0.1) is 34.6 Å². The number of hydrogen-bond acceptors (Lipinski definition) is 4. The topological polar surface area (TPSA) is 51.6 Å². The third-order valence-electron chi connectivity index (χ3n) is 16.7. The summed E-state index contributed by atoms with van der Waals surface area (Å²) in [6, 6.07) is 67.7. The molecule has 0 saturated carbocycles. The highest BCUT2D eigenvalue weighted by molar-refractivity contribution is 6.11. The van der Waals surface area contributed by atoms with Gasteiger partial charge in [0.2, 0.25) is 0 Å². The fraction of sp³-hybridized carbons (Fsp3) is 0.143. The van der Waals surface area contributed by atoms with Crippen LogP contribution in [0.3, 0.4) is 0 Å². The van der Waals surface area contributed by atoms with Gasteiger partial charge in [0.15, 0.2) is 0 Å². The molecule has 12 aromatic rings. The smallest absolute Gasteiger partial charge is 0.0978 e. The summed E-state index contributed by atoms with van der Waals surface area (Å²) < 4.78 is 0. The largest absolute Gasteiger partial charge is 0.250 e. The van der Waals surface area contributed by atoms with Crippen LogP contribution in [0.15, 0.2) is 182 Å². The fourth-order valence-corrected chi connectivity index (χ4v) is 13.1. The molecule has 8 aromatic carbocycles. The summed E-state index contributed by atoms with van der Waals surface area (Å²) in [5.41, 5.74) is 28.5. The van der Waals surface area contributed by atoms with Gasteiger partial charge in [-0.1, -0.05) is 159 Å². The highest BCUT2D eigenvalue weighted by atomic mass is 14.8. The fourth-order valence-electron chi connectivity index (χ4n) is 13.1. The Bertz CT molecular complexity index is 4310. The van der Waals surface area contributed by atoms with Crippen LogP contribution in [0.2, 0.25) is 0 Å². The van der Waals surface area contributed by atoms with Crippen molar-refractivity contribution in [1.29, 1.82) is 0 Å². The van der Waals surface area contributed by atoms with Crippen molar-refractivity contribution in [3.8, 4) is 55.9 Å². The second-order valence-electron chi connectivity index (χ2n) is 21.0. The first-order valence-corrected chi connectivity index (χ1v) is 26.2. The van der Waals surface area contributed by atoms with E-state index < -0.39 is 5.41 Å². The van der Waals surface area contributed by atoms with Crippen LogP contribution in [0.25, 0.3) is 99.5 Å². The third kappa shape index (κ3) is 6.34. The molecule has 4 heteroatoms. The van der Waals surface area contributed by atoms with Crippen LogP contribution in [0.5, 0.6) is 0 Å². The zero-order valence-electron chi connectivity index (χ0n) is 42.9. The molecule has 12 bridgehead atoms. The zero-order chi connectivity index (χ0) is 50.1. The molecule has 0 saturated heterocycles. The van der Waals surface area contributed by atoms with Crippen LogP contribution in [-0.2, 0) is 11.8 Å². The monoisotopic (exact) mass is 950 g/mol. The molecule has 0 unspecified atom stereocenters. The summed E-state index contributed by atoms with van der Waals surface area (Å²) >= 11 is 0. The van der Waals surface area contributed by atoms with E-state index in [1.807, 2.05) is 0 Å². The Morgan fingerprint density at radius 2 is 0.784 bits per heavy atom. The molecule has 4 nitrogen and oxygen atoms in total. The zero-order valence-corrected chi connectivity index (χ0v) is 42.9. The molecular formula is C70H54N4. The highest BCUT2D eigenvalue weighted by Gasteiger charge is 2.48. The summed E-state index contributed by atoms with van der Waals surface area (Å²) in [6.07, 6.45) is 0.854. The maximum atomic E-state index is 5.75. The third-order valence-corrected chi connectivity index (χ3v) is 16.7. The molecule has 7 heterocycles. The van der Waals surface area contributed by atoms with Gasteiger partial charge in [-0.05, 0) is 166 Å². The van der Waals surface area contributed by atoms with E-state index >= 15 is 0 Å². The van der Waals surface area contributed by atoms with E-state index in [4.69, 9.17) is 19.9 Å². The van der Waals surface area contributed by atoms with E-state index in [1.165, 1.54) is 61.2 Å². The van der Waals surface area contributed by atoms with Crippen LogP contribution in [0.4, 0.5) is 0 Å². The number of aromatic nitrogens is 4. The summed E-state index contributed by atoms with van der Waals surface area (Å²) in [5, 5.41) is 4.40. The number of benzene rings is 8. The predicted octanol–water partition coefficient (Wildman–Crippen LogP) is 17.5. The predicted molar refractivity (Wildman–Crippen MR) is 307 cm³/mol. The maximum Gasteiger partial charge on any atom is 0.0978 e. The normalized spacial score (nSPS) is 14.2. The summed E-state index contributed by atoms with van der Waals surface area (Å²) in [5.74, 6) is -0.127. The SMILES string of the molecule is CCc1cc2nc3c1ccc1c(-c4ccccc4)cc(nc13)-c1cc(C)c(cc1C)C1(c3cc(C)c(cc3C)-c3cc(-c4ccccc4)c4ccc5c(C)cc(nc5c4n3)[C@H]2C)c2ccccc2-c2ccccc21. The molecule has 4 aliphatic rings. The second kappa shape index (κ2) is 16.5. The van der Waals surface area contributed by atoms with Crippen molar-refractivity contribution in [2.45, 2.75) is 66.2 Å². The molecule has 1 spiro atoms. The Labute approximate surface area is 432 Å². The molecule has 1 aliphatic carbocycles. The Hall–Kier alpha value is -8.60. The van der Waals surface area contributed by atoms with Crippen LogP contribution in [-0.4, -0.2) is 19.9 Å². The molecule has 3 aliphatic heterocycles. The first-order chi connectivity index (χ1) is 36.1. The Balaban J connectivity index is 1.16. The van der Waals surface area contributed by atoms with Gasteiger partial charge < -0.3 is 0 Å². The first-order valence-electron chi connectivity index (χ1n) is 26.2. The number of pyridine rings is 4. The highest BCUT2D eigenvalue weighted by Crippen LogP contribution is 2.58. The van der Waals surface area contributed by atoms with Crippen LogP contribution in [0.1, 0.15) is 86.8 Å². The quantitative estimate of drug-likeness (QED) is 0.166. The van der Waals surface area contributed by atoms with E-state index in [9.17, 15) is 0 Å². The van der Waals surface area contributed by atoms with Crippen LogP contribution >= 0.6 is 0 Å². The van der Waals surface area contributed by atoms with Gasteiger partial charge in [0.25, 0.3) is 0 Å². The van der Waals surface area contributed by atoms with E-state index in [0.717, 1.165) is 112 Å². The average molecular weight is 951 g/mol. The minimum absolute atomic E-state index is 0.127. The Morgan fingerprint density at radius 1 is 0.351 bits per heavy atom. The van der Waals surface area contributed by atoms with Gasteiger partial charge >= 0.3 is 0 Å². The number of hydrogen-bond donors (Lipinski definition) is 0. The molecular weight excluding hydrogens is 897 g/mol. The molecule has 0 radical (unpaired) electrons. The summed E-state index contributed by atoms with van der Waals surface area (Å²) in [6.45, 7) is 15.9. The Morgan fingerprint density at radius 3 is 1.30 bits per heavy atom. The maximum absolute atomic E-state index is 5.75. The summed E-state index contributed by atoms with van der Waals surface area (Å²) in [7, 11) is 0. The lowest BCUT2D eigenvalue weighted by molar-refractivity contribution is 0.752. The summed E-state index contributed by atoms with van der Waals surface area (Å²) in [4.78, 5) is 22.8. The van der Waals surface area contributed by atoms with E-state index in [2.05, 4.69) is 230 Å². The minimum atomic E-state index is -0.624. The lowest BCUT2D eigenvalue weighted by Gasteiger charge is -2.37. The minimum Gasteiger partial charge on any atom is -0.250 e. The molecule has 0 fully saturated rings. The van der Waals surface area contributed by atoms with Crippen molar-refractivity contribution in [2.24, 2.45) is 0 Å². The van der Waals surface area contributed by atoms with Gasteiger partial charge in [-0.25, -0.2) is 19.9 Å². The van der Waals surface area contributed by atoms with Crippen molar-refractivity contribution in [3.05, 3.63) is 249 Å². The average Bonchev–Trinajstić information content (AvgIpc) is 3.84.